The quantitative estimate of drug-likeness (QED) is 0.795. The van der Waals surface area contributed by atoms with E-state index < -0.39 is 5.97 Å². The predicted octanol–water partition coefficient (Wildman–Crippen LogP) is 2.89. The lowest BCUT2D eigenvalue weighted by atomic mass is 9.93. The molecule has 110 valence electrons. The van der Waals surface area contributed by atoms with Gasteiger partial charge in [-0.1, -0.05) is 43.7 Å². The average molecular weight is 277 g/mol. The minimum atomic E-state index is -0.820. The van der Waals surface area contributed by atoms with Crippen LogP contribution in [0.1, 0.15) is 44.1 Å². The summed E-state index contributed by atoms with van der Waals surface area (Å²) in [5.41, 5.74) is 1.03. The van der Waals surface area contributed by atoms with Crippen LogP contribution in [0.4, 0.5) is 0 Å². The predicted molar refractivity (Wildman–Crippen MR) is 78.6 cm³/mol. The third kappa shape index (κ3) is 5.03. The molecule has 0 fully saturated rings. The van der Waals surface area contributed by atoms with Crippen molar-refractivity contribution in [3.63, 3.8) is 0 Å². The van der Waals surface area contributed by atoms with Crippen molar-refractivity contribution in [2.45, 2.75) is 38.5 Å². The summed E-state index contributed by atoms with van der Waals surface area (Å²) in [5.74, 6) is -0.876. The van der Waals surface area contributed by atoms with Gasteiger partial charge in [0.15, 0.2) is 0 Å². The van der Waals surface area contributed by atoms with Crippen LogP contribution in [0.2, 0.25) is 0 Å². The van der Waals surface area contributed by atoms with Gasteiger partial charge in [0.2, 0.25) is 5.91 Å². The number of benzene rings is 1. The number of hydrogen-bond donors (Lipinski definition) is 1. The van der Waals surface area contributed by atoms with Crippen molar-refractivity contribution in [3.8, 4) is 0 Å². The van der Waals surface area contributed by atoms with Gasteiger partial charge in [-0.05, 0) is 18.4 Å². The Morgan fingerprint density at radius 1 is 1.25 bits per heavy atom. The number of amides is 1. The molecule has 0 heterocycles. The van der Waals surface area contributed by atoms with Crippen molar-refractivity contribution in [3.05, 3.63) is 35.9 Å². The highest BCUT2D eigenvalue weighted by atomic mass is 16.4. The second-order valence-electron chi connectivity index (χ2n) is 5.01. The maximum Gasteiger partial charge on any atom is 0.303 e. The van der Waals surface area contributed by atoms with E-state index in [-0.39, 0.29) is 18.2 Å². The van der Waals surface area contributed by atoms with Gasteiger partial charge in [-0.3, -0.25) is 9.59 Å². The zero-order valence-corrected chi connectivity index (χ0v) is 12.2. The number of carboxylic acid groups (broad SMARTS) is 1. The molecule has 0 saturated carbocycles. The van der Waals surface area contributed by atoms with Crippen molar-refractivity contribution in [2.24, 2.45) is 0 Å². The summed E-state index contributed by atoms with van der Waals surface area (Å²) in [6.45, 7) is 2.55. The molecule has 1 amide bonds. The number of carboxylic acids is 1. The van der Waals surface area contributed by atoms with Crippen molar-refractivity contribution < 1.29 is 14.7 Å². The highest BCUT2D eigenvalue weighted by Crippen LogP contribution is 2.23. The SMILES string of the molecule is CCCC(C(=O)N(C)CCCC(=O)O)c1ccccc1. The molecule has 0 aromatic heterocycles. The molecule has 1 rings (SSSR count). The van der Waals surface area contributed by atoms with Crippen LogP contribution in [0.25, 0.3) is 0 Å². The third-order valence-corrected chi connectivity index (χ3v) is 3.34. The first-order valence-electron chi connectivity index (χ1n) is 7.08. The molecular weight excluding hydrogens is 254 g/mol. The lowest BCUT2D eigenvalue weighted by Gasteiger charge is -2.23. The molecule has 0 aliphatic rings. The highest BCUT2D eigenvalue weighted by Gasteiger charge is 2.22. The second-order valence-corrected chi connectivity index (χ2v) is 5.01. The van der Waals surface area contributed by atoms with Gasteiger partial charge >= 0.3 is 5.97 Å². The standard InChI is InChI=1S/C16H23NO3/c1-3-8-14(13-9-5-4-6-10-13)16(20)17(2)12-7-11-15(18)19/h4-6,9-10,14H,3,7-8,11-12H2,1-2H3,(H,18,19). The Morgan fingerprint density at radius 3 is 2.45 bits per heavy atom. The Bertz CT molecular complexity index is 431. The lowest BCUT2D eigenvalue weighted by molar-refractivity contribution is -0.138. The Balaban J connectivity index is 2.66. The molecule has 0 saturated heterocycles. The fourth-order valence-corrected chi connectivity index (χ4v) is 2.25. The molecule has 1 aromatic rings. The van der Waals surface area contributed by atoms with Crippen molar-refractivity contribution >= 4 is 11.9 Å². The number of rotatable bonds is 8. The highest BCUT2D eigenvalue weighted by molar-refractivity contribution is 5.83. The maximum absolute atomic E-state index is 12.5. The lowest BCUT2D eigenvalue weighted by Crippen LogP contribution is -2.32. The van der Waals surface area contributed by atoms with Gasteiger partial charge in [0.1, 0.15) is 0 Å². The fourth-order valence-electron chi connectivity index (χ4n) is 2.25. The van der Waals surface area contributed by atoms with Gasteiger partial charge in [0.05, 0.1) is 5.92 Å². The number of hydrogen-bond acceptors (Lipinski definition) is 2. The van der Waals surface area contributed by atoms with Crippen LogP contribution in [0.15, 0.2) is 30.3 Å². The zero-order chi connectivity index (χ0) is 15.0. The Kier molecular flexibility index (Phi) is 6.77. The minimum absolute atomic E-state index is 0.0726. The van der Waals surface area contributed by atoms with E-state index in [1.165, 1.54) is 0 Å². The van der Waals surface area contributed by atoms with E-state index in [9.17, 15) is 9.59 Å². The molecule has 0 bridgehead atoms. The van der Waals surface area contributed by atoms with Crippen LogP contribution in [0, 0.1) is 0 Å². The first kappa shape index (κ1) is 16.2. The summed E-state index contributed by atoms with van der Waals surface area (Å²) in [7, 11) is 1.75. The largest absolute Gasteiger partial charge is 0.481 e. The van der Waals surface area contributed by atoms with Crippen LogP contribution < -0.4 is 0 Å². The molecular formula is C16H23NO3. The van der Waals surface area contributed by atoms with Crippen molar-refractivity contribution in [1.82, 2.24) is 4.90 Å². The molecule has 4 nitrogen and oxygen atoms in total. The summed E-state index contributed by atoms with van der Waals surface area (Å²) in [6.07, 6.45) is 2.34. The van der Waals surface area contributed by atoms with E-state index >= 15 is 0 Å². The van der Waals surface area contributed by atoms with E-state index in [1.54, 1.807) is 11.9 Å². The van der Waals surface area contributed by atoms with E-state index in [4.69, 9.17) is 5.11 Å². The Labute approximate surface area is 120 Å². The molecule has 0 aliphatic carbocycles. The average Bonchev–Trinajstić information content (AvgIpc) is 2.44. The fraction of sp³-hybridized carbons (Fsp3) is 0.500. The normalized spacial score (nSPS) is 11.9. The van der Waals surface area contributed by atoms with E-state index in [0.717, 1.165) is 18.4 Å². The third-order valence-electron chi connectivity index (χ3n) is 3.34. The molecule has 1 aromatic carbocycles. The van der Waals surface area contributed by atoms with E-state index in [0.29, 0.717) is 13.0 Å². The van der Waals surface area contributed by atoms with Crippen molar-refractivity contribution in [2.75, 3.05) is 13.6 Å². The molecule has 1 unspecified atom stereocenters. The smallest absolute Gasteiger partial charge is 0.303 e. The van der Waals surface area contributed by atoms with Crippen LogP contribution >= 0.6 is 0 Å². The molecule has 0 aliphatic heterocycles. The molecule has 0 spiro atoms. The second kappa shape index (κ2) is 8.35. The minimum Gasteiger partial charge on any atom is -0.481 e. The Hall–Kier alpha value is -1.84. The van der Waals surface area contributed by atoms with E-state index in [1.807, 2.05) is 30.3 Å². The molecule has 1 N–H and O–H groups in total. The van der Waals surface area contributed by atoms with Crippen LogP contribution in [-0.4, -0.2) is 35.5 Å². The summed E-state index contributed by atoms with van der Waals surface area (Å²) in [4.78, 5) is 24.6. The zero-order valence-electron chi connectivity index (χ0n) is 12.2. The number of carbonyl (C=O) groups excluding carboxylic acids is 1. The van der Waals surface area contributed by atoms with Crippen molar-refractivity contribution in [1.29, 1.82) is 0 Å². The summed E-state index contributed by atoms with van der Waals surface area (Å²) in [6, 6.07) is 9.77. The Morgan fingerprint density at radius 2 is 1.90 bits per heavy atom. The summed E-state index contributed by atoms with van der Waals surface area (Å²) >= 11 is 0. The monoisotopic (exact) mass is 277 g/mol. The van der Waals surface area contributed by atoms with Crippen LogP contribution in [0.5, 0.6) is 0 Å². The number of likely N-dealkylation sites (N-methyl/N-ethyl adjacent to an activating group) is 1. The maximum atomic E-state index is 12.5. The number of aliphatic carboxylic acids is 1. The van der Waals surface area contributed by atoms with Gasteiger partial charge in [0, 0.05) is 20.0 Å². The number of carbonyl (C=O) groups is 2. The first-order valence-corrected chi connectivity index (χ1v) is 7.08. The first-order chi connectivity index (χ1) is 9.56. The van der Waals surface area contributed by atoms with Crippen LogP contribution in [-0.2, 0) is 9.59 Å². The van der Waals surface area contributed by atoms with Crippen LogP contribution in [0.3, 0.4) is 0 Å². The summed E-state index contributed by atoms with van der Waals surface area (Å²) in [5, 5.41) is 8.63. The van der Waals surface area contributed by atoms with Gasteiger partial charge < -0.3 is 10.0 Å². The summed E-state index contributed by atoms with van der Waals surface area (Å²) < 4.78 is 0. The molecule has 0 radical (unpaired) electrons. The number of nitrogens with zero attached hydrogens (tertiary/aromatic N) is 1. The molecule has 20 heavy (non-hydrogen) atoms. The van der Waals surface area contributed by atoms with Gasteiger partial charge in [-0.25, -0.2) is 0 Å². The van der Waals surface area contributed by atoms with E-state index in [2.05, 4.69) is 6.92 Å². The van der Waals surface area contributed by atoms with Gasteiger partial charge in [-0.15, -0.1) is 0 Å². The topological polar surface area (TPSA) is 57.6 Å². The van der Waals surface area contributed by atoms with Gasteiger partial charge in [0.25, 0.3) is 0 Å². The molecule has 1 atom stereocenters. The molecule has 4 heteroatoms. The van der Waals surface area contributed by atoms with Gasteiger partial charge in [-0.2, -0.15) is 0 Å².